The number of amides is 1. The topological polar surface area (TPSA) is 80.0 Å². The molecule has 1 aromatic carbocycles. The van der Waals surface area contributed by atoms with Gasteiger partial charge in [-0.3, -0.25) is 4.79 Å². The van der Waals surface area contributed by atoms with Crippen LogP contribution in [0.3, 0.4) is 0 Å². The Labute approximate surface area is 155 Å². The zero-order valence-corrected chi connectivity index (χ0v) is 15.3. The molecule has 1 amide bonds. The van der Waals surface area contributed by atoms with Crippen molar-refractivity contribution in [3.8, 4) is 11.4 Å². The maximum absolute atomic E-state index is 12.9. The summed E-state index contributed by atoms with van der Waals surface area (Å²) in [4.78, 5) is 17.5. The third-order valence-corrected chi connectivity index (χ3v) is 5.93. The van der Waals surface area contributed by atoms with Crippen LogP contribution in [0.2, 0.25) is 0 Å². The molecule has 0 bridgehead atoms. The molecule has 4 rings (SSSR count). The van der Waals surface area contributed by atoms with Crippen molar-refractivity contribution in [1.82, 2.24) is 20.1 Å². The van der Waals surface area contributed by atoms with Gasteiger partial charge in [-0.1, -0.05) is 31.0 Å². The Hall–Kier alpha value is -2.67. The molecule has 1 fully saturated rings. The lowest BCUT2D eigenvalue weighted by molar-refractivity contribution is 0.0889. The van der Waals surface area contributed by atoms with E-state index >= 15 is 0 Å². The van der Waals surface area contributed by atoms with Gasteiger partial charge in [0.05, 0.1) is 17.4 Å². The van der Waals surface area contributed by atoms with Crippen LogP contribution in [0.25, 0.3) is 5.69 Å². The van der Waals surface area contributed by atoms with Crippen molar-refractivity contribution < 1.29 is 9.90 Å². The Bertz CT molecular complexity index is 926. The molecule has 0 spiro atoms. The van der Waals surface area contributed by atoms with Gasteiger partial charge < -0.3 is 10.4 Å². The van der Waals surface area contributed by atoms with Gasteiger partial charge in [0.2, 0.25) is 0 Å². The number of para-hydroxylation sites is 1. The van der Waals surface area contributed by atoms with Crippen LogP contribution in [-0.4, -0.2) is 25.8 Å². The molecule has 26 heavy (non-hydrogen) atoms. The van der Waals surface area contributed by atoms with E-state index in [0.717, 1.165) is 42.1 Å². The highest BCUT2D eigenvalue weighted by atomic mass is 32.1. The normalized spacial score (nSPS) is 15.9. The first-order chi connectivity index (χ1) is 12.6. The molecule has 1 aliphatic carbocycles. The van der Waals surface area contributed by atoms with Gasteiger partial charge in [-0.25, -0.2) is 9.67 Å². The molecular weight excluding hydrogens is 348 g/mol. The first-order valence-electron chi connectivity index (χ1n) is 8.67. The molecule has 3 aromatic rings. The van der Waals surface area contributed by atoms with Crippen molar-refractivity contribution in [3.05, 3.63) is 58.3 Å². The smallest absolute Gasteiger partial charge is 0.276 e. The largest absolute Gasteiger partial charge is 0.504 e. The van der Waals surface area contributed by atoms with Crippen LogP contribution in [0, 0.1) is 6.92 Å². The zero-order chi connectivity index (χ0) is 18.1. The lowest BCUT2D eigenvalue weighted by atomic mass is 9.98. The highest BCUT2D eigenvalue weighted by Crippen LogP contribution is 2.40. The van der Waals surface area contributed by atoms with E-state index in [2.05, 4.69) is 15.4 Å². The number of thiazole rings is 1. The Morgan fingerprint density at radius 1 is 1.27 bits per heavy atom. The van der Waals surface area contributed by atoms with E-state index < -0.39 is 5.54 Å². The lowest BCUT2D eigenvalue weighted by Gasteiger charge is -2.27. The molecule has 2 N–H and O–H groups in total. The maximum Gasteiger partial charge on any atom is 0.276 e. The Morgan fingerprint density at radius 3 is 2.65 bits per heavy atom. The number of aryl methyl sites for hydroxylation is 1. The van der Waals surface area contributed by atoms with Crippen LogP contribution in [0.1, 0.15) is 46.9 Å². The predicted molar refractivity (Wildman–Crippen MR) is 99.7 cm³/mol. The van der Waals surface area contributed by atoms with Crippen LogP contribution in [0.15, 0.2) is 41.9 Å². The second-order valence-electron chi connectivity index (χ2n) is 6.68. The van der Waals surface area contributed by atoms with Gasteiger partial charge in [0.1, 0.15) is 5.01 Å². The van der Waals surface area contributed by atoms with E-state index in [-0.39, 0.29) is 17.4 Å². The molecular formula is C19H20N4O2S. The molecule has 6 nitrogen and oxygen atoms in total. The SMILES string of the molecule is Cc1csc(C2(NC(=O)c3nn(-c4ccccc4)cc3O)CCCC2)n1. The molecule has 134 valence electrons. The molecule has 0 saturated heterocycles. The quantitative estimate of drug-likeness (QED) is 0.738. The number of carbonyl (C=O) groups is 1. The monoisotopic (exact) mass is 368 g/mol. The van der Waals surface area contributed by atoms with Gasteiger partial charge in [0, 0.05) is 11.1 Å². The number of hydrogen-bond acceptors (Lipinski definition) is 5. The first kappa shape index (κ1) is 16.8. The van der Waals surface area contributed by atoms with Crippen LogP contribution >= 0.6 is 11.3 Å². The molecule has 0 aliphatic heterocycles. The van der Waals surface area contributed by atoms with Gasteiger partial charge in [0.25, 0.3) is 5.91 Å². The Kier molecular flexibility index (Phi) is 4.24. The summed E-state index contributed by atoms with van der Waals surface area (Å²) in [5.41, 5.74) is 1.32. The predicted octanol–water partition coefficient (Wildman–Crippen LogP) is 3.54. The third kappa shape index (κ3) is 2.99. The van der Waals surface area contributed by atoms with Crippen molar-refractivity contribution in [1.29, 1.82) is 0 Å². The minimum absolute atomic E-state index is 0.0356. The maximum atomic E-state index is 12.9. The van der Waals surface area contributed by atoms with Crippen LogP contribution in [-0.2, 0) is 5.54 Å². The number of rotatable bonds is 4. The Balaban J connectivity index is 1.62. The molecule has 1 aliphatic rings. The van der Waals surface area contributed by atoms with E-state index in [9.17, 15) is 9.90 Å². The zero-order valence-electron chi connectivity index (χ0n) is 14.5. The molecule has 1 saturated carbocycles. The first-order valence-corrected chi connectivity index (χ1v) is 9.54. The second kappa shape index (κ2) is 6.57. The van der Waals surface area contributed by atoms with Crippen molar-refractivity contribution in [3.63, 3.8) is 0 Å². The fourth-order valence-corrected chi connectivity index (χ4v) is 4.47. The van der Waals surface area contributed by atoms with Crippen LogP contribution < -0.4 is 5.32 Å². The summed E-state index contributed by atoms with van der Waals surface area (Å²) in [6.07, 6.45) is 5.25. The average Bonchev–Trinajstić information content (AvgIpc) is 3.36. The van der Waals surface area contributed by atoms with Crippen molar-refractivity contribution in [2.45, 2.75) is 38.1 Å². The average molecular weight is 368 g/mol. The fourth-order valence-electron chi connectivity index (χ4n) is 3.46. The summed E-state index contributed by atoms with van der Waals surface area (Å²) >= 11 is 1.58. The van der Waals surface area contributed by atoms with Crippen molar-refractivity contribution in [2.75, 3.05) is 0 Å². The van der Waals surface area contributed by atoms with Gasteiger partial charge in [-0.15, -0.1) is 11.3 Å². The van der Waals surface area contributed by atoms with E-state index in [1.807, 2.05) is 42.6 Å². The minimum atomic E-state index is -0.459. The second-order valence-corrected chi connectivity index (χ2v) is 7.54. The third-order valence-electron chi connectivity index (χ3n) is 4.77. The molecule has 0 atom stereocenters. The van der Waals surface area contributed by atoms with Gasteiger partial charge in [-0.2, -0.15) is 5.10 Å². The molecule has 2 heterocycles. The lowest BCUT2D eigenvalue weighted by Crippen LogP contribution is -2.44. The number of nitrogens with zero attached hydrogens (tertiary/aromatic N) is 3. The van der Waals surface area contributed by atoms with Crippen molar-refractivity contribution in [2.24, 2.45) is 0 Å². The fraction of sp³-hybridized carbons (Fsp3) is 0.316. The van der Waals surface area contributed by atoms with E-state index in [1.54, 1.807) is 11.3 Å². The molecule has 7 heteroatoms. The molecule has 2 aromatic heterocycles. The minimum Gasteiger partial charge on any atom is -0.504 e. The molecule has 0 radical (unpaired) electrons. The van der Waals surface area contributed by atoms with Crippen molar-refractivity contribution >= 4 is 17.2 Å². The highest BCUT2D eigenvalue weighted by Gasteiger charge is 2.40. The number of carbonyl (C=O) groups excluding carboxylic acids is 1. The number of aromatic hydroxyl groups is 1. The summed E-state index contributed by atoms with van der Waals surface area (Å²) in [6, 6.07) is 9.40. The summed E-state index contributed by atoms with van der Waals surface area (Å²) in [7, 11) is 0. The van der Waals surface area contributed by atoms with Gasteiger partial charge in [0.15, 0.2) is 11.4 Å². The van der Waals surface area contributed by atoms with E-state index in [4.69, 9.17) is 0 Å². The number of nitrogens with one attached hydrogen (secondary N) is 1. The number of aromatic nitrogens is 3. The number of hydrogen-bond donors (Lipinski definition) is 2. The van der Waals surface area contributed by atoms with Gasteiger partial charge in [-0.05, 0) is 31.9 Å². The van der Waals surface area contributed by atoms with E-state index in [1.165, 1.54) is 10.9 Å². The summed E-state index contributed by atoms with van der Waals surface area (Å²) in [5, 5.41) is 20.6. The van der Waals surface area contributed by atoms with Crippen LogP contribution in [0.4, 0.5) is 0 Å². The Morgan fingerprint density at radius 2 is 2.00 bits per heavy atom. The summed E-state index contributed by atoms with van der Waals surface area (Å²) < 4.78 is 1.51. The summed E-state index contributed by atoms with van der Waals surface area (Å²) in [5.74, 6) is -0.498. The summed E-state index contributed by atoms with van der Waals surface area (Å²) in [6.45, 7) is 1.96. The standard InChI is InChI=1S/C19H20N4O2S/c1-13-12-26-18(20-13)19(9-5-6-10-19)21-17(25)16-15(24)11-23(22-16)14-7-3-2-4-8-14/h2-4,7-8,11-12,24H,5-6,9-10H2,1H3,(H,21,25). The van der Waals surface area contributed by atoms with Crippen LogP contribution in [0.5, 0.6) is 5.75 Å². The molecule has 0 unspecified atom stereocenters. The van der Waals surface area contributed by atoms with E-state index in [0.29, 0.717) is 0 Å². The highest BCUT2D eigenvalue weighted by molar-refractivity contribution is 7.09. The van der Waals surface area contributed by atoms with Gasteiger partial charge >= 0.3 is 0 Å². The number of benzene rings is 1.